The fourth-order valence-electron chi connectivity index (χ4n) is 1.90. The highest BCUT2D eigenvalue weighted by molar-refractivity contribution is 6.32. The number of halogens is 1. The summed E-state index contributed by atoms with van der Waals surface area (Å²) in [5, 5.41) is 3.87. The molecule has 0 unspecified atom stereocenters. The first-order valence-corrected chi connectivity index (χ1v) is 6.09. The SMILES string of the molecule is CC(C)C(CNc1ncncc1Cl)C(C)C. The Hall–Kier alpha value is -0.830. The molecule has 0 aliphatic rings. The molecule has 4 heteroatoms. The zero-order valence-corrected chi connectivity index (χ0v) is 11.1. The van der Waals surface area contributed by atoms with Gasteiger partial charge in [-0.3, -0.25) is 0 Å². The van der Waals surface area contributed by atoms with E-state index in [-0.39, 0.29) is 0 Å². The molecule has 0 amide bonds. The maximum Gasteiger partial charge on any atom is 0.148 e. The molecule has 3 nitrogen and oxygen atoms in total. The van der Waals surface area contributed by atoms with Crippen LogP contribution in [-0.4, -0.2) is 16.5 Å². The molecule has 0 aliphatic heterocycles. The van der Waals surface area contributed by atoms with Gasteiger partial charge in [0.05, 0.1) is 6.20 Å². The number of rotatable bonds is 5. The van der Waals surface area contributed by atoms with Crippen molar-refractivity contribution in [3.63, 3.8) is 0 Å². The monoisotopic (exact) mass is 241 g/mol. The molecule has 1 heterocycles. The highest BCUT2D eigenvalue weighted by Crippen LogP contribution is 2.22. The van der Waals surface area contributed by atoms with Crippen molar-refractivity contribution in [1.82, 2.24) is 9.97 Å². The third-order valence-corrected chi connectivity index (χ3v) is 3.16. The lowest BCUT2D eigenvalue weighted by molar-refractivity contribution is 0.304. The van der Waals surface area contributed by atoms with Crippen LogP contribution in [0, 0.1) is 17.8 Å². The Bertz CT molecular complexity index is 318. The molecule has 0 atom stereocenters. The van der Waals surface area contributed by atoms with E-state index < -0.39 is 0 Å². The maximum absolute atomic E-state index is 5.98. The fourth-order valence-corrected chi connectivity index (χ4v) is 2.07. The minimum Gasteiger partial charge on any atom is -0.368 e. The standard InChI is InChI=1S/C12H20ClN3/c1-8(2)10(9(3)4)5-15-12-11(13)6-14-7-16-12/h6-10H,5H2,1-4H3,(H,14,15,16). The van der Waals surface area contributed by atoms with E-state index in [9.17, 15) is 0 Å². The highest BCUT2D eigenvalue weighted by atomic mass is 35.5. The minimum absolute atomic E-state index is 0.578. The van der Waals surface area contributed by atoms with Crippen LogP contribution in [0.3, 0.4) is 0 Å². The Kier molecular flexibility index (Phi) is 5.00. The number of aromatic nitrogens is 2. The number of anilines is 1. The van der Waals surface area contributed by atoms with Gasteiger partial charge in [0, 0.05) is 6.54 Å². The zero-order chi connectivity index (χ0) is 12.1. The molecule has 1 rings (SSSR count). The minimum atomic E-state index is 0.578. The molecule has 0 aromatic carbocycles. The van der Waals surface area contributed by atoms with Gasteiger partial charge in [0.2, 0.25) is 0 Å². The molecular formula is C12H20ClN3. The number of nitrogens with zero attached hydrogens (tertiary/aromatic N) is 2. The predicted molar refractivity (Wildman–Crippen MR) is 68.7 cm³/mol. The van der Waals surface area contributed by atoms with Gasteiger partial charge in [-0.2, -0.15) is 0 Å². The normalized spacial score (nSPS) is 11.5. The predicted octanol–water partition coefficient (Wildman–Crippen LogP) is 3.47. The van der Waals surface area contributed by atoms with Gasteiger partial charge in [0.15, 0.2) is 0 Å². The van der Waals surface area contributed by atoms with E-state index >= 15 is 0 Å². The third-order valence-electron chi connectivity index (χ3n) is 2.89. The van der Waals surface area contributed by atoms with Crippen LogP contribution in [0.4, 0.5) is 5.82 Å². The smallest absolute Gasteiger partial charge is 0.148 e. The van der Waals surface area contributed by atoms with Crippen LogP contribution in [0.25, 0.3) is 0 Å². The molecule has 0 saturated heterocycles. The Morgan fingerprint density at radius 1 is 1.25 bits per heavy atom. The second-order valence-electron chi connectivity index (χ2n) is 4.75. The van der Waals surface area contributed by atoms with Gasteiger partial charge in [0.25, 0.3) is 0 Å². The molecule has 1 N–H and O–H groups in total. The topological polar surface area (TPSA) is 37.8 Å². The van der Waals surface area contributed by atoms with Crippen LogP contribution in [-0.2, 0) is 0 Å². The van der Waals surface area contributed by atoms with Gasteiger partial charge < -0.3 is 5.32 Å². The quantitative estimate of drug-likeness (QED) is 0.858. The van der Waals surface area contributed by atoms with Crippen LogP contribution in [0.5, 0.6) is 0 Å². The van der Waals surface area contributed by atoms with Crippen LogP contribution >= 0.6 is 11.6 Å². The molecule has 1 aromatic heterocycles. The van der Waals surface area contributed by atoms with E-state index in [0.29, 0.717) is 22.8 Å². The molecule has 0 spiro atoms. The number of hydrogen-bond acceptors (Lipinski definition) is 3. The van der Waals surface area contributed by atoms with Crippen molar-refractivity contribution in [1.29, 1.82) is 0 Å². The molecule has 90 valence electrons. The summed E-state index contributed by atoms with van der Waals surface area (Å²) in [6, 6.07) is 0. The Morgan fingerprint density at radius 2 is 1.88 bits per heavy atom. The highest BCUT2D eigenvalue weighted by Gasteiger charge is 2.17. The number of nitrogens with one attached hydrogen (secondary N) is 1. The molecule has 0 fully saturated rings. The number of hydrogen-bond donors (Lipinski definition) is 1. The van der Waals surface area contributed by atoms with Crippen LogP contribution < -0.4 is 5.32 Å². The molecule has 0 radical (unpaired) electrons. The van der Waals surface area contributed by atoms with Crippen molar-refractivity contribution in [2.24, 2.45) is 17.8 Å². The summed E-state index contributed by atoms with van der Waals surface area (Å²) in [6.07, 6.45) is 3.12. The molecule has 0 bridgehead atoms. The van der Waals surface area contributed by atoms with Crippen molar-refractivity contribution in [2.45, 2.75) is 27.7 Å². The first-order valence-electron chi connectivity index (χ1n) is 5.71. The fraction of sp³-hybridized carbons (Fsp3) is 0.667. The average molecular weight is 242 g/mol. The van der Waals surface area contributed by atoms with Crippen LogP contribution in [0.2, 0.25) is 5.02 Å². The Morgan fingerprint density at radius 3 is 2.38 bits per heavy atom. The first-order chi connectivity index (χ1) is 7.52. The van der Waals surface area contributed by atoms with Gasteiger partial charge in [-0.25, -0.2) is 9.97 Å². The summed E-state index contributed by atoms with van der Waals surface area (Å²) in [6.45, 7) is 9.87. The summed E-state index contributed by atoms with van der Waals surface area (Å²) < 4.78 is 0. The van der Waals surface area contributed by atoms with E-state index in [0.717, 1.165) is 12.4 Å². The van der Waals surface area contributed by atoms with Crippen molar-refractivity contribution >= 4 is 17.4 Å². The van der Waals surface area contributed by atoms with E-state index in [4.69, 9.17) is 11.6 Å². The summed E-state index contributed by atoms with van der Waals surface area (Å²) in [7, 11) is 0. The van der Waals surface area contributed by atoms with E-state index in [1.807, 2.05) is 0 Å². The summed E-state index contributed by atoms with van der Waals surface area (Å²) in [4.78, 5) is 7.97. The molecule has 1 aromatic rings. The molecule has 0 aliphatic carbocycles. The lowest BCUT2D eigenvalue weighted by atomic mass is 9.85. The molecule has 16 heavy (non-hydrogen) atoms. The summed E-state index contributed by atoms with van der Waals surface area (Å²) in [5.41, 5.74) is 0. The van der Waals surface area contributed by atoms with Crippen LogP contribution in [0.15, 0.2) is 12.5 Å². The zero-order valence-electron chi connectivity index (χ0n) is 10.4. The molecular weight excluding hydrogens is 222 g/mol. The summed E-state index contributed by atoms with van der Waals surface area (Å²) >= 11 is 5.98. The van der Waals surface area contributed by atoms with Crippen molar-refractivity contribution in [3.8, 4) is 0 Å². The van der Waals surface area contributed by atoms with Crippen LogP contribution in [0.1, 0.15) is 27.7 Å². The van der Waals surface area contributed by atoms with Gasteiger partial charge in [-0.15, -0.1) is 0 Å². The average Bonchev–Trinajstić information content (AvgIpc) is 2.20. The Balaban J connectivity index is 2.59. The lowest BCUT2D eigenvalue weighted by Gasteiger charge is -2.25. The van der Waals surface area contributed by atoms with E-state index in [2.05, 4.69) is 43.0 Å². The largest absolute Gasteiger partial charge is 0.368 e. The second-order valence-corrected chi connectivity index (χ2v) is 5.16. The Labute approximate surface area is 103 Å². The third kappa shape index (κ3) is 3.63. The van der Waals surface area contributed by atoms with E-state index in [1.165, 1.54) is 6.33 Å². The molecule has 0 saturated carbocycles. The van der Waals surface area contributed by atoms with Gasteiger partial charge in [0.1, 0.15) is 17.2 Å². The van der Waals surface area contributed by atoms with Gasteiger partial charge in [-0.05, 0) is 17.8 Å². The van der Waals surface area contributed by atoms with Crippen molar-refractivity contribution in [3.05, 3.63) is 17.5 Å². The summed E-state index contributed by atoms with van der Waals surface area (Å²) in [5.74, 6) is 2.63. The lowest BCUT2D eigenvalue weighted by Crippen LogP contribution is -2.24. The van der Waals surface area contributed by atoms with Gasteiger partial charge >= 0.3 is 0 Å². The first kappa shape index (κ1) is 13.2. The maximum atomic E-state index is 5.98. The van der Waals surface area contributed by atoms with Gasteiger partial charge in [-0.1, -0.05) is 39.3 Å². The van der Waals surface area contributed by atoms with E-state index in [1.54, 1.807) is 6.20 Å². The van der Waals surface area contributed by atoms with Crippen molar-refractivity contribution < 1.29 is 0 Å². The van der Waals surface area contributed by atoms with Crippen molar-refractivity contribution in [2.75, 3.05) is 11.9 Å². The second kappa shape index (κ2) is 6.04.